The van der Waals surface area contributed by atoms with Gasteiger partial charge < -0.3 is 15.0 Å². The smallest absolute Gasteiger partial charge is 0.193 e. The number of guanidine groups is 1. The fourth-order valence-electron chi connectivity index (χ4n) is 4.62. The van der Waals surface area contributed by atoms with Crippen molar-refractivity contribution in [3.8, 4) is 0 Å². The minimum Gasteiger partial charge on any atom is -0.378 e. The van der Waals surface area contributed by atoms with E-state index in [1.54, 1.807) is 12.1 Å². The Hall–Kier alpha value is -0.890. The Labute approximate surface area is 185 Å². The number of aliphatic imine (C=N–C) groups is 1. The molecule has 1 aliphatic heterocycles. The van der Waals surface area contributed by atoms with E-state index in [1.807, 2.05) is 19.2 Å². The second-order valence-electron chi connectivity index (χ2n) is 8.33. The molecule has 0 amide bonds. The van der Waals surface area contributed by atoms with Gasteiger partial charge in [0.15, 0.2) is 5.96 Å². The normalized spacial score (nSPS) is 26.2. The van der Waals surface area contributed by atoms with Crippen LogP contribution in [0.5, 0.6) is 0 Å². The maximum Gasteiger partial charge on any atom is 0.193 e. The molecule has 1 aromatic rings. The van der Waals surface area contributed by atoms with Crippen molar-refractivity contribution in [1.82, 2.24) is 10.2 Å². The predicted octanol–water partition coefficient (Wildman–Crippen LogP) is 4.55. The summed E-state index contributed by atoms with van der Waals surface area (Å²) in [6, 6.07) is 7.41. The number of hydrogen-bond donors (Lipinski definition) is 1. The molecule has 4 nitrogen and oxygen atoms in total. The molecular formula is C22H33FIN3O. The lowest BCUT2D eigenvalue weighted by atomic mass is 10.1. The first-order valence-corrected chi connectivity index (χ1v) is 10.6. The highest BCUT2D eigenvalue weighted by atomic mass is 127. The molecular weight excluding hydrogens is 468 g/mol. The van der Waals surface area contributed by atoms with Crippen LogP contribution in [0.3, 0.4) is 0 Å². The minimum atomic E-state index is -0.0954. The maximum absolute atomic E-state index is 14.0. The molecule has 0 spiro atoms. The Morgan fingerprint density at radius 2 is 1.89 bits per heavy atom. The van der Waals surface area contributed by atoms with Crippen LogP contribution < -0.4 is 5.32 Å². The molecule has 2 saturated carbocycles. The van der Waals surface area contributed by atoms with E-state index >= 15 is 0 Å². The Morgan fingerprint density at radius 1 is 1.18 bits per heavy atom. The summed E-state index contributed by atoms with van der Waals surface area (Å²) in [6.07, 6.45) is 8.95. The van der Waals surface area contributed by atoms with Gasteiger partial charge in [0.2, 0.25) is 0 Å². The molecule has 6 heteroatoms. The standard InChI is InChI=1S/C22H32FN3O.HI/c1-24-22(25-21-14-19(21)18-8-4-5-9-20(18)23)26-12-10-17(11-13-26)27-15-16-6-2-3-7-16;/h4-5,8-9,16-17,19,21H,2-3,6-7,10-15H2,1H3,(H,24,25);1H. The van der Waals surface area contributed by atoms with Crippen molar-refractivity contribution < 1.29 is 9.13 Å². The summed E-state index contributed by atoms with van der Waals surface area (Å²) in [6.45, 7) is 2.90. The quantitative estimate of drug-likeness (QED) is 0.366. The Balaban J connectivity index is 0.00000225. The molecule has 156 valence electrons. The van der Waals surface area contributed by atoms with Gasteiger partial charge in [-0.2, -0.15) is 0 Å². The van der Waals surface area contributed by atoms with Crippen LogP contribution in [0.15, 0.2) is 29.3 Å². The molecule has 0 radical (unpaired) electrons. The SMILES string of the molecule is CN=C(NC1CC1c1ccccc1F)N1CCC(OCC2CCCC2)CC1.I. The number of halogens is 2. The van der Waals surface area contributed by atoms with Crippen LogP contribution in [-0.2, 0) is 4.74 Å². The zero-order valence-corrected chi connectivity index (χ0v) is 19.1. The van der Waals surface area contributed by atoms with E-state index in [0.29, 0.717) is 6.10 Å². The summed E-state index contributed by atoms with van der Waals surface area (Å²) in [5.74, 6) is 1.91. The largest absolute Gasteiger partial charge is 0.378 e. The highest BCUT2D eigenvalue weighted by Gasteiger charge is 2.41. The number of hydrogen-bond acceptors (Lipinski definition) is 2. The summed E-state index contributed by atoms with van der Waals surface area (Å²) >= 11 is 0. The Bertz CT molecular complexity index is 657. The van der Waals surface area contributed by atoms with Gasteiger partial charge in [0.25, 0.3) is 0 Å². The van der Waals surface area contributed by atoms with Crippen molar-refractivity contribution in [3.63, 3.8) is 0 Å². The number of benzene rings is 1. The topological polar surface area (TPSA) is 36.9 Å². The number of ether oxygens (including phenoxy) is 1. The molecule has 3 fully saturated rings. The fourth-order valence-corrected chi connectivity index (χ4v) is 4.62. The number of rotatable bonds is 5. The van der Waals surface area contributed by atoms with Crippen molar-refractivity contribution in [3.05, 3.63) is 35.6 Å². The van der Waals surface area contributed by atoms with Gasteiger partial charge in [0.1, 0.15) is 5.82 Å². The van der Waals surface area contributed by atoms with Crippen LogP contribution in [0.4, 0.5) is 4.39 Å². The van der Waals surface area contributed by atoms with Crippen LogP contribution >= 0.6 is 24.0 Å². The molecule has 1 saturated heterocycles. The second kappa shape index (κ2) is 10.2. The van der Waals surface area contributed by atoms with Crippen LogP contribution in [0.2, 0.25) is 0 Å². The summed E-state index contributed by atoms with van der Waals surface area (Å²) in [5.41, 5.74) is 0.824. The van der Waals surface area contributed by atoms with Crippen molar-refractivity contribution in [2.24, 2.45) is 10.9 Å². The third kappa shape index (κ3) is 5.38. The van der Waals surface area contributed by atoms with Crippen LogP contribution in [0.25, 0.3) is 0 Å². The average Bonchev–Trinajstić information content (AvgIpc) is 3.25. The van der Waals surface area contributed by atoms with Crippen LogP contribution in [0, 0.1) is 11.7 Å². The maximum atomic E-state index is 14.0. The Kier molecular flexibility index (Phi) is 7.97. The van der Waals surface area contributed by atoms with E-state index in [9.17, 15) is 4.39 Å². The molecule has 1 N–H and O–H groups in total. The first kappa shape index (κ1) is 21.8. The summed E-state index contributed by atoms with van der Waals surface area (Å²) < 4.78 is 20.2. The first-order valence-electron chi connectivity index (χ1n) is 10.6. The fraction of sp³-hybridized carbons (Fsp3) is 0.682. The molecule has 28 heavy (non-hydrogen) atoms. The van der Waals surface area contributed by atoms with Crippen LogP contribution in [-0.4, -0.2) is 49.7 Å². The van der Waals surface area contributed by atoms with E-state index in [4.69, 9.17) is 4.74 Å². The Morgan fingerprint density at radius 3 is 2.57 bits per heavy atom. The molecule has 1 aromatic carbocycles. The monoisotopic (exact) mass is 501 g/mol. The molecule has 2 unspecified atom stereocenters. The summed E-state index contributed by atoms with van der Waals surface area (Å²) in [4.78, 5) is 6.80. The lowest BCUT2D eigenvalue weighted by Crippen LogP contribution is -2.48. The van der Waals surface area contributed by atoms with Gasteiger partial charge in [-0.3, -0.25) is 4.99 Å². The average molecular weight is 501 g/mol. The number of likely N-dealkylation sites (tertiary alicyclic amines) is 1. The van der Waals surface area contributed by atoms with E-state index in [2.05, 4.69) is 15.2 Å². The number of piperidine rings is 1. The van der Waals surface area contributed by atoms with Gasteiger partial charge in [-0.05, 0) is 49.7 Å². The van der Waals surface area contributed by atoms with Gasteiger partial charge in [-0.1, -0.05) is 31.0 Å². The lowest BCUT2D eigenvalue weighted by Gasteiger charge is -2.34. The lowest BCUT2D eigenvalue weighted by molar-refractivity contribution is 0.00101. The van der Waals surface area contributed by atoms with Crippen molar-refractivity contribution in [1.29, 1.82) is 0 Å². The molecule has 0 bridgehead atoms. The zero-order chi connectivity index (χ0) is 18.6. The second-order valence-corrected chi connectivity index (χ2v) is 8.33. The first-order chi connectivity index (χ1) is 13.2. The van der Waals surface area contributed by atoms with E-state index in [1.165, 1.54) is 25.7 Å². The highest BCUT2D eigenvalue weighted by molar-refractivity contribution is 14.0. The third-order valence-electron chi connectivity index (χ3n) is 6.41. The number of nitrogens with one attached hydrogen (secondary N) is 1. The number of nitrogens with zero attached hydrogens (tertiary/aromatic N) is 2. The van der Waals surface area contributed by atoms with Gasteiger partial charge in [-0.25, -0.2) is 4.39 Å². The molecule has 4 rings (SSSR count). The summed E-state index contributed by atoms with van der Waals surface area (Å²) in [5, 5.41) is 3.55. The van der Waals surface area contributed by atoms with Crippen molar-refractivity contribution in [2.45, 2.75) is 63.0 Å². The predicted molar refractivity (Wildman–Crippen MR) is 122 cm³/mol. The van der Waals surface area contributed by atoms with E-state index in [-0.39, 0.29) is 41.8 Å². The van der Waals surface area contributed by atoms with E-state index in [0.717, 1.165) is 56.4 Å². The molecule has 1 heterocycles. The third-order valence-corrected chi connectivity index (χ3v) is 6.41. The highest BCUT2D eigenvalue weighted by Crippen LogP contribution is 2.42. The van der Waals surface area contributed by atoms with Crippen molar-refractivity contribution >= 4 is 29.9 Å². The van der Waals surface area contributed by atoms with Crippen molar-refractivity contribution in [2.75, 3.05) is 26.7 Å². The van der Waals surface area contributed by atoms with Gasteiger partial charge in [-0.15, -0.1) is 24.0 Å². The zero-order valence-electron chi connectivity index (χ0n) is 16.8. The van der Waals surface area contributed by atoms with E-state index < -0.39 is 0 Å². The van der Waals surface area contributed by atoms with Crippen LogP contribution in [0.1, 0.15) is 56.4 Å². The molecule has 0 aromatic heterocycles. The molecule has 2 atom stereocenters. The van der Waals surface area contributed by atoms with Gasteiger partial charge >= 0.3 is 0 Å². The van der Waals surface area contributed by atoms with Gasteiger partial charge in [0.05, 0.1) is 6.10 Å². The molecule has 2 aliphatic carbocycles. The minimum absolute atomic E-state index is 0. The van der Waals surface area contributed by atoms with Gasteiger partial charge in [0, 0.05) is 38.7 Å². The molecule has 3 aliphatic rings. The summed E-state index contributed by atoms with van der Waals surface area (Å²) in [7, 11) is 1.84.